The lowest BCUT2D eigenvalue weighted by atomic mass is 9.86. The van der Waals surface area contributed by atoms with Crippen LogP contribution in [-0.2, 0) is 19.4 Å². The average Bonchev–Trinajstić information content (AvgIpc) is 2.52. The SMILES string of the molecule is CCOC(=O)C1=C(C)NC(N)=C(S(C)(=O)=O)C1c1ccccc1[N+](=O)[O-]. The van der Waals surface area contributed by atoms with E-state index < -0.39 is 26.6 Å². The van der Waals surface area contributed by atoms with Crippen molar-refractivity contribution in [1.82, 2.24) is 5.32 Å². The molecular weight excluding hydrogens is 362 g/mol. The summed E-state index contributed by atoms with van der Waals surface area (Å²) in [7, 11) is -3.89. The topological polar surface area (TPSA) is 142 Å². The number of para-hydroxylation sites is 1. The number of rotatable bonds is 5. The van der Waals surface area contributed by atoms with Crippen molar-refractivity contribution in [2.24, 2.45) is 5.73 Å². The molecule has 0 aliphatic carbocycles. The molecule has 1 aliphatic heterocycles. The molecule has 0 fully saturated rings. The van der Waals surface area contributed by atoms with Gasteiger partial charge in [-0.25, -0.2) is 13.2 Å². The molecule has 0 aromatic heterocycles. The minimum absolute atomic E-state index is 0.0317. The summed E-state index contributed by atoms with van der Waals surface area (Å²) in [5, 5.41) is 14.1. The first kappa shape index (κ1) is 19.4. The van der Waals surface area contributed by atoms with Gasteiger partial charge in [-0.1, -0.05) is 18.2 Å². The molecule has 26 heavy (non-hydrogen) atoms. The second-order valence-electron chi connectivity index (χ2n) is 5.68. The Morgan fingerprint density at radius 1 is 1.38 bits per heavy atom. The average molecular weight is 381 g/mol. The van der Waals surface area contributed by atoms with E-state index in [-0.39, 0.29) is 39.9 Å². The van der Waals surface area contributed by atoms with Gasteiger partial charge in [-0.05, 0) is 13.8 Å². The fourth-order valence-electron chi connectivity index (χ4n) is 2.92. The van der Waals surface area contributed by atoms with E-state index in [0.29, 0.717) is 0 Å². The molecular formula is C16H19N3O6S. The Morgan fingerprint density at radius 3 is 2.54 bits per heavy atom. The number of carbonyl (C=O) groups is 1. The number of hydrogen-bond acceptors (Lipinski definition) is 8. The Morgan fingerprint density at radius 2 is 2.00 bits per heavy atom. The quantitative estimate of drug-likeness (QED) is 0.441. The van der Waals surface area contributed by atoms with E-state index >= 15 is 0 Å². The summed E-state index contributed by atoms with van der Waals surface area (Å²) in [5.41, 5.74) is 5.85. The first-order valence-corrected chi connectivity index (χ1v) is 9.56. The Hall–Kier alpha value is -2.88. The molecule has 2 rings (SSSR count). The largest absolute Gasteiger partial charge is 0.463 e. The highest BCUT2D eigenvalue weighted by molar-refractivity contribution is 7.94. The number of allylic oxidation sites excluding steroid dienone is 2. The van der Waals surface area contributed by atoms with Gasteiger partial charge in [0.1, 0.15) is 5.82 Å². The van der Waals surface area contributed by atoms with Crippen LogP contribution in [0.1, 0.15) is 25.3 Å². The van der Waals surface area contributed by atoms with Gasteiger partial charge in [0.05, 0.1) is 27.9 Å². The van der Waals surface area contributed by atoms with E-state index in [1.807, 2.05) is 0 Å². The molecule has 0 radical (unpaired) electrons. The number of hydrogen-bond donors (Lipinski definition) is 2. The van der Waals surface area contributed by atoms with E-state index in [0.717, 1.165) is 6.26 Å². The summed E-state index contributed by atoms with van der Waals surface area (Å²) in [6, 6.07) is 5.62. The van der Waals surface area contributed by atoms with Crippen molar-refractivity contribution in [3.63, 3.8) is 0 Å². The van der Waals surface area contributed by atoms with Crippen molar-refractivity contribution in [2.75, 3.05) is 12.9 Å². The molecule has 0 amide bonds. The number of sulfone groups is 1. The normalized spacial score (nSPS) is 17.7. The lowest BCUT2D eigenvalue weighted by Crippen LogP contribution is -2.35. The predicted molar refractivity (Wildman–Crippen MR) is 94.4 cm³/mol. The Labute approximate surface area is 150 Å². The van der Waals surface area contributed by atoms with E-state index in [1.54, 1.807) is 6.92 Å². The molecule has 3 N–H and O–H groups in total. The second kappa shape index (κ2) is 7.16. The molecule has 0 bridgehead atoms. The van der Waals surface area contributed by atoms with Gasteiger partial charge >= 0.3 is 5.97 Å². The zero-order chi connectivity index (χ0) is 19.6. The van der Waals surface area contributed by atoms with Crippen LogP contribution < -0.4 is 11.1 Å². The van der Waals surface area contributed by atoms with Crippen molar-refractivity contribution >= 4 is 21.5 Å². The van der Waals surface area contributed by atoms with Gasteiger partial charge in [0.25, 0.3) is 5.69 Å². The van der Waals surface area contributed by atoms with Gasteiger partial charge in [-0.15, -0.1) is 0 Å². The van der Waals surface area contributed by atoms with Gasteiger partial charge in [0.15, 0.2) is 9.84 Å². The lowest BCUT2D eigenvalue weighted by Gasteiger charge is -2.29. The van der Waals surface area contributed by atoms with Crippen molar-refractivity contribution in [2.45, 2.75) is 19.8 Å². The maximum atomic E-state index is 12.5. The number of nitrogens with one attached hydrogen (secondary N) is 1. The van der Waals surface area contributed by atoms with Gasteiger partial charge in [-0.2, -0.15) is 0 Å². The summed E-state index contributed by atoms with van der Waals surface area (Å²) in [4.78, 5) is 23.0. The van der Waals surface area contributed by atoms with Crippen LogP contribution >= 0.6 is 0 Å². The molecule has 10 heteroatoms. The summed E-state index contributed by atoms with van der Waals surface area (Å²) in [6.07, 6.45) is 0.933. The molecule has 1 unspecified atom stereocenters. The van der Waals surface area contributed by atoms with E-state index in [2.05, 4.69) is 5.32 Å². The second-order valence-corrected chi connectivity index (χ2v) is 7.67. The number of nitrogens with zero attached hydrogens (tertiary/aromatic N) is 1. The molecule has 9 nitrogen and oxygen atoms in total. The summed E-state index contributed by atoms with van der Waals surface area (Å²) < 4.78 is 29.8. The minimum Gasteiger partial charge on any atom is -0.463 e. The number of nitro benzene ring substituents is 1. The van der Waals surface area contributed by atoms with Crippen LogP contribution in [0.4, 0.5) is 5.69 Å². The molecule has 0 spiro atoms. The van der Waals surface area contributed by atoms with Crippen LogP contribution in [-0.4, -0.2) is 32.2 Å². The van der Waals surface area contributed by atoms with Crippen molar-refractivity contribution in [3.05, 3.63) is 61.9 Å². The monoisotopic (exact) mass is 381 g/mol. The standard InChI is InChI=1S/C16H19N3O6S/c1-4-25-16(20)12-9(2)18-15(17)14(26(3,23)24)13(12)10-7-5-6-8-11(10)19(21)22/h5-8,13,18H,4,17H2,1-3H3. The molecule has 140 valence electrons. The lowest BCUT2D eigenvalue weighted by molar-refractivity contribution is -0.385. The fourth-order valence-corrected chi connectivity index (χ4v) is 4.05. The van der Waals surface area contributed by atoms with Gasteiger partial charge in [0, 0.05) is 23.6 Å². The smallest absolute Gasteiger partial charge is 0.336 e. The number of benzene rings is 1. The van der Waals surface area contributed by atoms with Crippen molar-refractivity contribution < 1.29 is 22.9 Å². The first-order valence-electron chi connectivity index (χ1n) is 7.67. The molecule has 1 heterocycles. The minimum atomic E-state index is -3.89. The number of dihydropyridines is 1. The van der Waals surface area contributed by atoms with Crippen LogP contribution in [0.15, 0.2) is 46.3 Å². The highest BCUT2D eigenvalue weighted by Crippen LogP contribution is 2.43. The van der Waals surface area contributed by atoms with E-state index in [1.165, 1.54) is 31.2 Å². The number of nitro groups is 1. The van der Waals surface area contributed by atoms with Crippen molar-refractivity contribution in [3.8, 4) is 0 Å². The highest BCUT2D eigenvalue weighted by Gasteiger charge is 2.41. The van der Waals surface area contributed by atoms with Crippen LogP contribution in [0.5, 0.6) is 0 Å². The van der Waals surface area contributed by atoms with Crippen molar-refractivity contribution in [1.29, 1.82) is 0 Å². The summed E-state index contributed by atoms with van der Waals surface area (Å²) >= 11 is 0. The molecule has 1 atom stereocenters. The van der Waals surface area contributed by atoms with Crippen LogP contribution in [0, 0.1) is 10.1 Å². The number of ether oxygens (including phenoxy) is 1. The number of nitrogens with two attached hydrogens (primary N) is 1. The molecule has 1 aromatic carbocycles. The fraction of sp³-hybridized carbons (Fsp3) is 0.312. The zero-order valence-corrected chi connectivity index (χ0v) is 15.3. The third kappa shape index (κ3) is 3.54. The first-order chi connectivity index (χ1) is 12.1. The predicted octanol–water partition coefficient (Wildman–Crippen LogP) is 1.29. The maximum absolute atomic E-state index is 12.5. The van der Waals surface area contributed by atoms with E-state index in [9.17, 15) is 23.3 Å². The third-order valence-electron chi connectivity index (χ3n) is 3.88. The van der Waals surface area contributed by atoms with Crippen LogP contribution in [0.2, 0.25) is 0 Å². The van der Waals surface area contributed by atoms with Gasteiger partial charge in [-0.3, -0.25) is 10.1 Å². The molecule has 1 aliphatic rings. The Kier molecular flexibility index (Phi) is 5.36. The molecule has 0 saturated heterocycles. The van der Waals surface area contributed by atoms with Gasteiger partial charge < -0.3 is 15.8 Å². The Balaban J connectivity index is 2.84. The van der Waals surface area contributed by atoms with E-state index in [4.69, 9.17) is 10.5 Å². The zero-order valence-electron chi connectivity index (χ0n) is 14.5. The summed E-state index contributed by atoms with van der Waals surface area (Å²) in [5.74, 6) is -2.19. The maximum Gasteiger partial charge on any atom is 0.336 e. The highest BCUT2D eigenvalue weighted by atomic mass is 32.2. The molecule has 0 saturated carbocycles. The van der Waals surface area contributed by atoms with Crippen LogP contribution in [0.3, 0.4) is 0 Å². The van der Waals surface area contributed by atoms with Crippen LogP contribution in [0.25, 0.3) is 0 Å². The number of carbonyl (C=O) groups excluding carboxylic acids is 1. The number of esters is 1. The Bertz CT molecular complexity index is 933. The molecule has 1 aromatic rings. The third-order valence-corrected chi connectivity index (χ3v) is 5.14. The van der Waals surface area contributed by atoms with Gasteiger partial charge in [0.2, 0.25) is 0 Å². The summed E-state index contributed by atoms with van der Waals surface area (Å²) in [6.45, 7) is 3.19.